The smallest absolute Gasteiger partial charge is 0.408 e. The number of aliphatic imine (C=N–C) groups is 1. The summed E-state index contributed by atoms with van der Waals surface area (Å²) in [5.74, 6) is 1.36. The number of hydrogen-bond acceptors (Lipinski definition) is 4. The summed E-state index contributed by atoms with van der Waals surface area (Å²) in [7, 11) is 5.94. The summed E-state index contributed by atoms with van der Waals surface area (Å²) in [6.07, 6.45) is 0.694. The van der Waals surface area contributed by atoms with Crippen LogP contribution in [0, 0.1) is 5.92 Å². The summed E-state index contributed by atoms with van der Waals surface area (Å²) in [5, 5.41) is 9.54. The third-order valence-electron chi connectivity index (χ3n) is 3.74. The lowest BCUT2D eigenvalue weighted by atomic mass is 10.0. The van der Waals surface area contributed by atoms with Gasteiger partial charge in [0.05, 0.1) is 5.54 Å². The average Bonchev–Trinajstić information content (AvgIpc) is 2.42. The predicted octanol–water partition coefficient (Wildman–Crippen LogP) is 3.05. The number of alkyl carbamates (subject to hydrolysis) is 1. The van der Waals surface area contributed by atoms with E-state index in [0.29, 0.717) is 18.5 Å². The lowest BCUT2D eigenvalue weighted by Gasteiger charge is -2.30. The van der Waals surface area contributed by atoms with Crippen LogP contribution in [0.2, 0.25) is 0 Å². The second kappa shape index (κ2) is 12.6. The van der Waals surface area contributed by atoms with Crippen LogP contribution in [-0.2, 0) is 4.74 Å². The van der Waals surface area contributed by atoms with Gasteiger partial charge in [-0.05, 0) is 61.1 Å². The number of carbonyl (C=O) groups is 1. The van der Waals surface area contributed by atoms with E-state index in [1.165, 1.54) is 0 Å². The first-order valence-electron chi connectivity index (χ1n) is 9.38. The van der Waals surface area contributed by atoms with Crippen LogP contribution in [0.4, 0.5) is 4.79 Å². The van der Waals surface area contributed by atoms with Crippen LogP contribution in [0.5, 0.6) is 0 Å². The average molecular weight is 499 g/mol. The minimum atomic E-state index is -0.511. The van der Waals surface area contributed by atoms with Crippen LogP contribution in [0.15, 0.2) is 4.99 Å². The third kappa shape index (κ3) is 14.9. The van der Waals surface area contributed by atoms with Crippen LogP contribution < -0.4 is 16.0 Å². The lowest BCUT2D eigenvalue weighted by molar-refractivity contribution is 0.0474. The van der Waals surface area contributed by atoms with E-state index in [9.17, 15) is 4.79 Å². The molecule has 1 amide bonds. The fraction of sp³-hybridized carbons (Fsp3) is 0.895. The van der Waals surface area contributed by atoms with Gasteiger partial charge in [-0.1, -0.05) is 13.8 Å². The fourth-order valence-corrected chi connectivity index (χ4v) is 2.38. The number of nitrogens with one attached hydrogen (secondary N) is 3. The first-order valence-corrected chi connectivity index (χ1v) is 9.38. The van der Waals surface area contributed by atoms with Crippen molar-refractivity contribution in [2.24, 2.45) is 10.9 Å². The highest BCUT2D eigenvalue weighted by Crippen LogP contribution is 2.09. The number of carbonyl (C=O) groups excluding carboxylic acids is 1. The Balaban J connectivity index is 0. The number of ether oxygens (including phenoxy) is 1. The van der Waals surface area contributed by atoms with Gasteiger partial charge in [0.15, 0.2) is 5.96 Å². The van der Waals surface area contributed by atoms with Gasteiger partial charge in [-0.3, -0.25) is 4.99 Å². The normalized spacial score (nSPS) is 13.9. The quantitative estimate of drug-likeness (QED) is 0.272. The van der Waals surface area contributed by atoms with Gasteiger partial charge >= 0.3 is 6.09 Å². The van der Waals surface area contributed by atoms with Crippen molar-refractivity contribution >= 4 is 36.0 Å². The van der Waals surface area contributed by atoms with Gasteiger partial charge < -0.3 is 25.6 Å². The Hall–Kier alpha value is -0.770. The standard InChI is InChI=1S/C19H41N5O2.HI/c1-14(2)11-15(24(9)10)12-21-16(20-8)22-13-19(6,7)23-17(25)26-18(3,4)5;/h14-15H,11-13H2,1-10H3,(H,23,25)(H2,20,21,22);1H. The molecule has 0 aromatic heterocycles. The molecule has 0 spiro atoms. The number of rotatable bonds is 8. The molecule has 0 aromatic rings. The number of hydrogen-bond donors (Lipinski definition) is 3. The zero-order chi connectivity index (χ0) is 20.5. The molecule has 0 heterocycles. The molecule has 0 rings (SSSR count). The maximum atomic E-state index is 12.0. The first kappa shape index (κ1) is 28.4. The summed E-state index contributed by atoms with van der Waals surface area (Å²) >= 11 is 0. The molecule has 0 aliphatic rings. The number of guanidine groups is 1. The molecule has 3 N–H and O–H groups in total. The highest BCUT2D eigenvalue weighted by molar-refractivity contribution is 14.0. The Kier molecular flexibility index (Phi) is 13.3. The van der Waals surface area contributed by atoms with E-state index < -0.39 is 17.2 Å². The van der Waals surface area contributed by atoms with Crippen LogP contribution in [0.25, 0.3) is 0 Å². The van der Waals surface area contributed by atoms with Crippen LogP contribution in [-0.4, -0.2) is 68.4 Å². The van der Waals surface area contributed by atoms with Crippen molar-refractivity contribution in [3.63, 3.8) is 0 Å². The van der Waals surface area contributed by atoms with Crippen molar-refractivity contribution in [3.05, 3.63) is 0 Å². The van der Waals surface area contributed by atoms with E-state index in [0.717, 1.165) is 18.9 Å². The number of nitrogens with zero attached hydrogens (tertiary/aromatic N) is 2. The summed E-state index contributed by atoms with van der Waals surface area (Å²) in [6, 6.07) is 0.432. The summed E-state index contributed by atoms with van der Waals surface area (Å²) < 4.78 is 5.32. The maximum absolute atomic E-state index is 12.0. The molecule has 0 aliphatic carbocycles. The highest BCUT2D eigenvalue weighted by atomic mass is 127. The molecule has 1 atom stereocenters. The highest BCUT2D eigenvalue weighted by Gasteiger charge is 2.25. The molecule has 0 aliphatic heterocycles. The third-order valence-corrected chi connectivity index (χ3v) is 3.74. The molecule has 7 nitrogen and oxygen atoms in total. The Labute approximate surface area is 183 Å². The Bertz CT molecular complexity index is 460. The monoisotopic (exact) mass is 499 g/mol. The van der Waals surface area contributed by atoms with E-state index in [4.69, 9.17) is 4.74 Å². The molecule has 8 heteroatoms. The van der Waals surface area contributed by atoms with Gasteiger partial charge in [-0.2, -0.15) is 0 Å². The van der Waals surface area contributed by atoms with E-state index in [1.807, 2.05) is 34.6 Å². The maximum Gasteiger partial charge on any atom is 0.408 e. The molecule has 0 saturated carbocycles. The van der Waals surface area contributed by atoms with Crippen LogP contribution >= 0.6 is 24.0 Å². The minimum Gasteiger partial charge on any atom is -0.444 e. The van der Waals surface area contributed by atoms with Crippen LogP contribution in [0.1, 0.15) is 54.9 Å². The van der Waals surface area contributed by atoms with Crippen LogP contribution in [0.3, 0.4) is 0 Å². The molecular formula is C19H42IN5O2. The molecule has 0 aromatic carbocycles. The zero-order valence-electron chi connectivity index (χ0n) is 18.9. The second-order valence-corrected chi connectivity index (χ2v) is 9.06. The van der Waals surface area contributed by atoms with Crippen molar-refractivity contribution in [3.8, 4) is 0 Å². The summed E-state index contributed by atoms with van der Waals surface area (Å²) in [4.78, 5) is 18.5. The van der Waals surface area contributed by atoms with E-state index in [1.54, 1.807) is 7.05 Å². The SMILES string of the molecule is CN=C(NCC(CC(C)C)N(C)C)NCC(C)(C)NC(=O)OC(C)(C)C.I. The van der Waals surface area contributed by atoms with Gasteiger partial charge in [0.25, 0.3) is 0 Å². The lowest BCUT2D eigenvalue weighted by Crippen LogP contribution is -2.55. The van der Waals surface area contributed by atoms with Gasteiger partial charge in [-0.25, -0.2) is 4.79 Å². The van der Waals surface area contributed by atoms with Crippen molar-refractivity contribution in [2.45, 2.75) is 72.1 Å². The van der Waals surface area contributed by atoms with Crippen molar-refractivity contribution < 1.29 is 9.53 Å². The number of halogens is 1. The zero-order valence-corrected chi connectivity index (χ0v) is 21.2. The molecule has 0 saturated heterocycles. The molecule has 27 heavy (non-hydrogen) atoms. The van der Waals surface area contributed by atoms with Crippen molar-refractivity contribution in [1.29, 1.82) is 0 Å². The molecule has 0 bridgehead atoms. The van der Waals surface area contributed by atoms with Crippen molar-refractivity contribution in [2.75, 3.05) is 34.2 Å². The molecule has 162 valence electrons. The fourth-order valence-electron chi connectivity index (χ4n) is 2.38. The number of amides is 1. The second-order valence-electron chi connectivity index (χ2n) is 9.06. The van der Waals surface area contributed by atoms with Gasteiger partial charge in [0.1, 0.15) is 5.60 Å². The van der Waals surface area contributed by atoms with Gasteiger partial charge in [-0.15, -0.1) is 24.0 Å². The summed E-state index contributed by atoms with van der Waals surface area (Å²) in [5.41, 5.74) is -0.984. The minimum absolute atomic E-state index is 0. The Morgan fingerprint density at radius 3 is 2.07 bits per heavy atom. The Morgan fingerprint density at radius 1 is 1.11 bits per heavy atom. The molecular weight excluding hydrogens is 457 g/mol. The number of likely N-dealkylation sites (N-methyl/N-ethyl adjacent to an activating group) is 1. The van der Waals surface area contributed by atoms with Gasteiger partial charge in [0.2, 0.25) is 0 Å². The molecule has 0 fully saturated rings. The van der Waals surface area contributed by atoms with Crippen molar-refractivity contribution in [1.82, 2.24) is 20.9 Å². The van der Waals surface area contributed by atoms with E-state index >= 15 is 0 Å². The largest absolute Gasteiger partial charge is 0.444 e. The summed E-state index contributed by atoms with van der Waals surface area (Å²) in [6.45, 7) is 15.2. The molecule has 1 unspecified atom stereocenters. The molecule has 0 radical (unpaired) electrons. The van der Waals surface area contributed by atoms with Gasteiger partial charge in [0, 0.05) is 26.2 Å². The van der Waals surface area contributed by atoms with E-state index in [2.05, 4.69) is 53.8 Å². The Morgan fingerprint density at radius 2 is 1.67 bits per heavy atom. The van der Waals surface area contributed by atoms with E-state index in [-0.39, 0.29) is 24.0 Å². The predicted molar refractivity (Wildman–Crippen MR) is 125 cm³/mol. The first-order chi connectivity index (χ1) is 11.8. The topological polar surface area (TPSA) is 78.0 Å².